The SMILES string of the molecule is COC(=O)[C@H]1NN(C(=O)[C@H](Cc2cccc(Br)c2)NC(=O)OC(C)(C)C)C2CC1C2. The number of hydrogen-bond donors (Lipinski definition) is 2. The quantitative estimate of drug-likeness (QED) is 0.627. The van der Waals surface area contributed by atoms with Gasteiger partial charge in [0.05, 0.1) is 7.11 Å². The molecule has 1 aliphatic carbocycles. The molecule has 0 unspecified atom stereocenters. The van der Waals surface area contributed by atoms with Crippen LogP contribution in [-0.4, -0.2) is 53.8 Å². The van der Waals surface area contributed by atoms with E-state index in [4.69, 9.17) is 9.47 Å². The Bertz CT molecular complexity index is 819. The zero-order valence-corrected chi connectivity index (χ0v) is 19.2. The molecule has 2 bridgehead atoms. The summed E-state index contributed by atoms with van der Waals surface area (Å²) in [5, 5.41) is 4.20. The van der Waals surface area contributed by atoms with E-state index < -0.39 is 23.8 Å². The van der Waals surface area contributed by atoms with E-state index in [1.54, 1.807) is 20.8 Å². The fourth-order valence-corrected chi connectivity index (χ4v) is 4.25. The second kappa shape index (κ2) is 8.93. The third kappa shape index (κ3) is 5.31. The predicted molar refractivity (Wildman–Crippen MR) is 113 cm³/mol. The van der Waals surface area contributed by atoms with Gasteiger partial charge < -0.3 is 14.8 Å². The van der Waals surface area contributed by atoms with Gasteiger partial charge >= 0.3 is 12.1 Å². The molecule has 1 saturated carbocycles. The Morgan fingerprint density at radius 1 is 1.30 bits per heavy atom. The van der Waals surface area contributed by atoms with Gasteiger partial charge in [-0.1, -0.05) is 28.1 Å². The van der Waals surface area contributed by atoms with Crippen molar-refractivity contribution in [3.05, 3.63) is 34.3 Å². The zero-order valence-electron chi connectivity index (χ0n) is 17.6. The van der Waals surface area contributed by atoms with E-state index in [0.717, 1.165) is 22.9 Å². The molecule has 2 aliphatic heterocycles. The van der Waals surface area contributed by atoms with Gasteiger partial charge in [0.15, 0.2) is 0 Å². The lowest BCUT2D eigenvalue weighted by atomic mass is 9.73. The normalized spacial score (nSPS) is 23.8. The molecule has 3 fully saturated rings. The topological polar surface area (TPSA) is 97.0 Å². The highest BCUT2D eigenvalue weighted by Crippen LogP contribution is 2.39. The van der Waals surface area contributed by atoms with Crippen LogP contribution in [0.25, 0.3) is 0 Å². The van der Waals surface area contributed by atoms with Gasteiger partial charge in [-0.25, -0.2) is 10.2 Å². The first-order valence-corrected chi connectivity index (χ1v) is 10.8. The Morgan fingerprint density at radius 2 is 2.00 bits per heavy atom. The Labute approximate surface area is 184 Å². The standard InChI is InChI=1S/C21H28BrN3O5/c1-21(2,3)30-20(28)23-16(9-12-6-5-7-14(22)8-12)18(26)25-15-10-13(11-15)17(24-25)19(27)29-4/h5-8,13,15-17,24H,9-11H2,1-4H3,(H,23,28)/t13?,15?,16-,17-/m0/s1. The number of amides is 2. The third-order valence-corrected chi connectivity index (χ3v) is 5.77. The summed E-state index contributed by atoms with van der Waals surface area (Å²) in [5.41, 5.74) is 3.21. The lowest BCUT2D eigenvalue weighted by Gasteiger charge is -2.53. The molecule has 2 amide bonds. The number of esters is 1. The van der Waals surface area contributed by atoms with E-state index in [2.05, 4.69) is 26.7 Å². The molecule has 2 heterocycles. The van der Waals surface area contributed by atoms with Crippen LogP contribution < -0.4 is 10.7 Å². The van der Waals surface area contributed by atoms with Gasteiger partial charge in [0.2, 0.25) is 0 Å². The van der Waals surface area contributed by atoms with Crippen molar-refractivity contribution < 1.29 is 23.9 Å². The van der Waals surface area contributed by atoms with Gasteiger partial charge in [-0.15, -0.1) is 0 Å². The van der Waals surface area contributed by atoms with Gasteiger partial charge in [-0.3, -0.25) is 14.6 Å². The van der Waals surface area contributed by atoms with Crippen molar-refractivity contribution in [1.29, 1.82) is 0 Å². The number of nitrogens with one attached hydrogen (secondary N) is 2. The lowest BCUT2D eigenvalue weighted by molar-refractivity contribution is -0.167. The number of nitrogens with zero attached hydrogens (tertiary/aromatic N) is 1. The number of rotatable bonds is 5. The minimum absolute atomic E-state index is 0.00569. The zero-order chi connectivity index (χ0) is 22.1. The Balaban J connectivity index is 1.78. The minimum atomic E-state index is -0.850. The number of hydrazine groups is 1. The van der Waals surface area contributed by atoms with Crippen LogP contribution in [0, 0.1) is 5.92 Å². The maximum absolute atomic E-state index is 13.4. The van der Waals surface area contributed by atoms with Crippen molar-refractivity contribution in [1.82, 2.24) is 15.8 Å². The molecule has 30 heavy (non-hydrogen) atoms. The van der Waals surface area contributed by atoms with E-state index in [1.165, 1.54) is 12.1 Å². The molecule has 9 heteroatoms. The Kier molecular flexibility index (Phi) is 6.71. The molecular weight excluding hydrogens is 454 g/mol. The van der Waals surface area contributed by atoms with Crippen molar-refractivity contribution in [2.24, 2.45) is 5.92 Å². The summed E-state index contributed by atoms with van der Waals surface area (Å²) < 4.78 is 11.1. The summed E-state index contributed by atoms with van der Waals surface area (Å²) in [5.74, 6) is -0.536. The third-order valence-electron chi connectivity index (χ3n) is 5.27. The molecule has 4 rings (SSSR count). The van der Waals surface area contributed by atoms with Crippen molar-refractivity contribution >= 4 is 33.9 Å². The van der Waals surface area contributed by atoms with Gasteiger partial charge in [-0.2, -0.15) is 0 Å². The number of alkyl carbamates (subject to hydrolysis) is 1. The van der Waals surface area contributed by atoms with Crippen LogP contribution >= 0.6 is 15.9 Å². The molecular formula is C21H28BrN3O5. The number of methoxy groups -OCH3 is 1. The highest BCUT2D eigenvalue weighted by atomic mass is 79.9. The molecule has 1 aromatic carbocycles. The van der Waals surface area contributed by atoms with Crippen LogP contribution in [0.4, 0.5) is 4.79 Å². The monoisotopic (exact) mass is 481 g/mol. The molecule has 0 aromatic heterocycles. The molecule has 2 atom stereocenters. The number of hydrogen-bond acceptors (Lipinski definition) is 6. The second-order valence-corrected chi connectivity index (χ2v) is 9.67. The average Bonchev–Trinajstić information content (AvgIpc) is 2.63. The van der Waals surface area contributed by atoms with Crippen molar-refractivity contribution in [2.45, 2.75) is 63.8 Å². The van der Waals surface area contributed by atoms with Crippen molar-refractivity contribution in [3.8, 4) is 0 Å². The summed E-state index contributed by atoms with van der Waals surface area (Å²) >= 11 is 3.43. The molecule has 3 aliphatic rings. The van der Waals surface area contributed by atoms with Crippen molar-refractivity contribution in [3.63, 3.8) is 0 Å². The van der Waals surface area contributed by atoms with E-state index >= 15 is 0 Å². The molecule has 0 radical (unpaired) electrons. The summed E-state index contributed by atoms with van der Waals surface area (Å²) in [6.07, 6.45) is 1.08. The lowest BCUT2D eigenvalue weighted by Crippen LogP contribution is -2.71. The second-order valence-electron chi connectivity index (χ2n) is 8.76. The highest BCUT2D eigenvalue weighted by Gasteiger charge is 2.50. The number of carbonyl (C=O) groups excluding carboxylic acids is 3. The summed E-state index contributed by atoms with van der Waals surface area (Å²) in [6, 6.07) is 6.14. The first kappa shape index (κ1) is 22.6. The molecule has 0 spiro atoms. The van der Waals surface area contributed by atoms with Crippen LogP contribution in [0.5, 0.6) is 0 Å². The van der Waals surface area contributed by atoms with Gasteiger partial charge in [0.1, 0.15) is 17.7 Å². The average molecular weight is 482 g/mol. The van der Waals surface area contributed by atoms with E-state index in [9.17, 15) is 14.4 Å². The number of ether oxygens (including phenoxy) is 2. The van der Waals surface area contributed by atoms with Crippen LogP contribution in [0.2, 0.25) is 0 Å². The number of halogens is 1. The minimum Gasteiger partial charge on any atom is -0.468 e. The van der Waals surface area contributed by atoms with Crippen molar-refractivity contribution in [2.75, 3.05) is 7.11 Å². The van der Waals surface area contributed by atoms with Crippen LogP contribution in [0.15, 0.2) is 28.7 Å². The molecule has 2 N–H and O–H groups in total. The van der Waals surface area contributed by atoms with Crippen LogP contribution in [0.3, 0.4) is 0 Å². The molecule has 164 valence electrons. The number of fused-ring (bicyclic) bond motifs is 2. The Hall–Kier alpha value is -2.13. The summed E-state index contributed by atoms with van der Waals surface area (Å²) in [7, 11) is 1.33. The molecule has 1 aromatic rings. The van der Waals surface area contributed by atoms with Crippen LogP contribution in [-0.2, 0) is 25.5 Å². The maximum Gasteiger partial charge on any atom is 0.408 e. The summed E-state index contributed by atoms with van der Waals surface area (Å²) in [6.45, 7) is 5.29. The summed E-state index contributed by atoms with van der Waals surface area (Å²) in [4.78, 5) is 37.9. The maximum atomic E-state index is 13.4. The molecule has 2 saturated heterocycles. The number of benzene rings is 1. The van der Waals surface area contributed by atoms with Gasteiger partial charge in [0.25, 0.3) is 5.91 Å². The Morgan fingerprint density at radius 3 is 2.60 bits per heavy atom. The first-order valence-electron chi connectivity index (χ1n) is 9.98. The number of carbonyl (C=O) groups is 3. The fraction of sp³-hybridized carbons (Fsp3) is 0.571. The smallest absolute Gasteiger partial charge is 0.408 e. The largest absolute Gasteiger partial charge is 0.468 e. The fourth-order valence-electron chi connectivity index (χ4n) is 3.81. The van der Waals surface area contributed by atoms with E-state index in [-0.39, 0.29) is 30.3 Å². The van der Waals surface area contributed by atoms with E-state index in [1.807, 2.05) is 24.3 Å². The first-order chi connectivity index (χ1) is 14.1. The highest BCUT2D eigenvalue weighted by molar-refractivity contribution is 9.10. The van der Waals surface area contributed by atoms with Crippen LogP contribution in [0.1, 0.15) is 39.2 Å². The predicted octanol–water partition coefficient (Wildman–Crippen LogP) is 2.55. The van der Waals surface area contributed by atoms with Gasteiger partial charge in [0, 0.05) is 16.9 Å². The van der Waals surface area contributed by atoms with Gasteiger partial charge in [-0.05, 0) is 57.2 Å². The van der Waals surface area contributed by atoms with E-state index in [0.29, 0.717) is 0 Å². The molecule has 8 nitrogen and oxygen atoms in total.